The predicted molar refractivity (Wildman–Crippen MR) is 63.4 cm³/mol. The number of rotatable bonds is 1. The van der Waals surface area contributed by atoms with Gasteiger partial charge in [-0.25, -0.2) is 0 Å². The second kappa shape index (κ2) is 3.73. The molecular weight excluding hydrogens is 218 g/mol. The van der Waals surface area contributed by atoms with Crippen molar-refractivity contribution in [3.63, 3.8) is 0 Å². The largest absolute Gasteiger partial charge is 0.383 e. The maximum absolute atomic E-state index is 12.2. The van der Waals surface area contributed by atoms with Gasteiger partial charge in [0, 0.05) is 25.0 Å². The Morgan fingerprint density at radius 3 is 3.06 bits per heavy atom. The third-order valence-electron chi connectivity index (χ3n) is 3.96. The number of aromatic amines is 1. The van der Waals surface area contributed by atoms with Gasteiger partial charge in [-0.05, 0) is 19.4 Å². The molecular formula is C11H17N5O. The molecule has 1 spiro atoms. The van der Waals surface area contributed by atoms with Crippen LogP contribution in [-0.2, 0) is 0 Å². The second-order valence-electron chi connectivity index (χ2n) is 5.10. The van der Waals surface area contributed by atoms with Crippen LogP contribution in [0, 0.1) is 5.41 Å². The average Bonchev–Trinajstić information content (AvgIpc) is 3.02. The molecule has 2 aliphatic heterocycles. The Morgan fingerprint density at radius 1 is 1.53 bits per heavy atom. The maximum atomic E-state index is 12.2. The number of likely N-dealkylation sites (tertiary alicyclic amines) is 1. The zero-order valence-electron chi connectivity index (χ0n) is 9.70. The predicted octanol–water partition coefficient (Wildman–Crippen LogP) is -0.183. The van der Waals surface area contributed by atoms with Gasteiger partial charge in [-0.2, -0.15) is 5.10 Å². The van der Waals surface area contributed by atoms with E-state index in [9.17, 15) is 4.79 Å². The van der Waals surface area contributed by atoms with E-state index in [2.05, 4.69) is 15.5 Å². The molecule has 2 fully saturated rings. The van der Waals surface area contributed by atoms with Crippen molar-refractivity contribution >= 4 is 11.7 Å². The van der Waals surface area contributed by atoms with Crippen LogP contribution in [-0.4, -0.2) is 47.2 Å². The number of carbonyl (C=O) groups is 1. The molecule has 0 aromatic carbocycles. The molecule has 0 aliphatic carbocycles. The molecule has 3 heterocycles. The maximum Gasteiger partial charge on any atom is 0.259 e. The van der Waals surface area contributed by atoms with Gasteiger partial charge < -0.3 is 16.0 Å². The quantitative estimate of drug-likeness (QED) is 0.630. The lowest BCUT2D eigenvalue weighted by atomic mass is 9.86. The van der Waals surface area contributed by atoms with Gasteiger partial charge in [0.05, 0.1) is 6.20 Å². The first-order chi connectivity index (χ1) is 8.20. The van der Waals surface area contributed by atoms with Gasteiger partial charge in [-0.15, -0.1) is 0 Å². The van der Waals surface area contributed by atoms with Gasteiger partial charge in [-0.1, -0.05) is 0 Å². The van der Waals surface area contributed by atoms with Gasteiger partial charge in [-0.3, -0.25) is 9.89 Å². The van der Waals surface area contributed by atoms with Gasteiger partial charge in [0.1, 0.15) is 11.4 Å². The number of hydrogen-bond acceptors (Lipinski definition) is 4. The summed E-state index contributed by atoms with van der Waals surface area (Å²) in [5.74, 6) is 0.362. The Labute approximate surface area is 99.5 Å². The molecule has 6 nitrogen and oxygen atoms in total. The third kappa shape index (κ3) is 1.68. The highest BCUT2D eigenvalue weighted by Gasteiger charge is 2.42. The topological polar surface area (TPSA) is 87.0 Å². The van der Waals surface area contributed by atoms with E-state index in [0.717, 1.165) is 39.0 Å². The SMILES string of the molecule is Nc1[nH]ncc1C(=O)N1CCC2(CCNC2)C1. The number of anilines is 1. The molecule has 0 saturated carbocycles. The first-order valence-corrected chi connectivity index (χ1v) is 5.99. The van der Waals surface area contributed by atoms with Gasteiger partial charge in [0.15, 0.2) is 0 Å². The van der Waals surface area contributed by atoms with Crippen molar-refractivity contribution in [2.75, 3.05) is 31.9 Å². The van der Waals surface area contributed by atoms with Crippen LogP contribution in [0.15, 0.2) is 6.20 Å². The molecule has 1 atom stereocenters. The Kier molecular flexibility index (Phi) is 2.32. The van der Waals surface area contributed by atoms with Crippen molar-refractivity contribution in [1.29, 1.82) is 0 Å². The molecule has 1 unspecified atom stereocenters. The summed E-state index contributed by atoms with van der Waals surface area (Å²) in [4.78, 5) is 14.1. The summed E-state index contributed by atoms with van der Waals surface area (Å²) in [7, 11) is 0. The molecule has 1 aromatic rings. The number of amides is 1. The van der Waals surface area contributed by atoms with Crippen molar-refractivity contribution in [3.05, 3.63) is 11.8 Å². The van der Waals surface area contributed by atoms with Gasteiger partial charge >= 0.3 is 0 Å². The molecule has 17 heavy (non-hydrogen) atoms. The summed E-state index contributed by atoms with van der Waals surface area (Å²) < 4.78 is 0. The van der Waals surface area contributed by atoms with Crippen LogP contribution in [0.2, 0.25) is 0 Å². The zero-order valence-corrected chi connectivity index (χ0v) is 9.70. The molecule has 1 amide bonds. The normalized spacial score (nSPS) is 28.1. The van der Waals surface area contributed by atoms with Crippen LogP contribution in [0.3, 0.4) is 0 Å². The average molecular weight is 235 g/mol. The van der Waals surface area contributed by atoms with Crippen LogP contribution in [0.5, 0.6) is 0 Å². The van der Waals surface area contributed by atoms with Crippen LogP contribution < -0.4 is 11.1 Å². The van der Waals surface area contributed by atoms with Gasteiger partial charge in [0.2, 0.25) is 0 Å². The lowest BCUT2D eigenvalue weighted by Crippen LogP contribution is -2.33. The number of hydrogen-bond donors (Lipinski definition) is 3. The number of aromatic nitrogens is 2. The summed E-state index contributed by atoms with van der Waals surface area (Å²) in [5.41, 5.74) is 6.47. The van der Waals surface area contributed by atoms with Crippen molar-refractivity contribution in [3.8, 4) is 0 Å². The zero-order chi connectivity index (χ0) is 11.9. The molecule has 0 radical (unpaired) electrons. The number of nitrogen functional groups attached to an aromatic ring is 1. The summed E-state index contributed by atoms with van der Waals surface area (Å²) in [5, 5.41) is 9.77. The van der Waals surface area contributed by atoms with Crippen LogP contribution in [0.25, 0.3) is 0 Å². The minimum Gasteiger partial charge on any atom is -0.383 e. The first kappa shape index (κ1) is 10.6. The first-order valence-electron chi connectivity index (χ1n) is 5.99. The second-order valence-corrected chi connectivity index (χ2v) is 5.10. The number of nitrogens with zero attached hydrogens (tertiary/aromatic N) is 2. The molecule has 6 heteroatoms. The Morgan fingerprint density at radius 2 is 2.41 bits per heavy atom. The van der Waals surface area contributed by atoms with Gasteiger partial charge in [0.25, 0.3) is 5.91 Å². The Balaban J connectivity index is 1.75. The van der Waals surface area contributed by atoms with Crippen LogP contribution in [0.1, 0.15) is 23.2 Å². The van der Waals surface area contributed by atoms with E-state index in [1.54, 1.807) is 0 Å². The lowest BCUT2D eigenvalue weighted by molar-refractivity contribution is 0.0777. The lowest BCUT2D eigenvalue weighted by Gasteiger charge is -2.22. The van der Waals surface area contributed by atoms with E-state index < -0.39 is 0 Å². The third-order valence-corrected chi connectivity index (χ3v) is 3.96. The molecule has 4 N–H and O–H groups in total. The van der Waals surface area contributed by atoms with Crippen LogP contribution >= 0.6 is 0 Å². The molecule has 3 rings (SSSR count). The van der Waals surface area contributed by atoms with Crippen molar-refractivity contribution < 1.29 is 4.79 Å². The fraction of sp³-hybridized carbons (Fsp3) is 0.636. The fourth-order valence-corrected chi connectivity index (χ4v) is 2.89. The minimum atomic E-state index is 0.0000231. The van der Waals surface area contributed by atoms with Crippen LogP contribution in [0.4, 0.5) is 5.82 Å². The molecule has 92 valence electrons. The van der Waals surface area contributed by atoms with E-state index in [0.29, 0.717) is 16.8 Å². The molecule has 0 bridgehead atoms. The van der Waals surface area contributed by atoms with E-state index >= 15 is 0 Å². The van der Waals surface area contributed by atoms with E-state index in [-0.39, 0.29) is 5.91 Å². The highest BCUT2D eigenvalue weighted by Crippen LogP contribution is 2.36. The van der Waals surface area contributed by atoms with Crippen molar-refractivity contribution in [2.24, 2.45) is 5.41 Å². The Hall–Kier alpha value is -1.56. The summed E-state index contributed by atoms with van der Waals surface area (Å²) in [6.07, 6.45) is 3.76. The van der Waals surface area contributed by atoms with Crippen molar-refractivity contribution in [1.82, 2.24) is 20.4 Å². The molecule has 1 aromatic heterocycles. The highest BCUT2D eigenvalue weighted by molar-refractivity contribution is 5.98. The number of nitrogens with two attached hydrogens (primary N) is 1. The summed E-state index contributed by atoms with van der Waals surface area (Å²) >= 11 is 0. The smallest absolute Gasteiger partial charge is 0.259 e. The molecule has 2 saturated heterocycles. The number of H-pyrrole nitrogens is 1. The van der Waals surface area contributed by atoms with E-state index in [1.165, 1.54) is 6.20 Å². The van der Waals surface area contributed by atoms with E-state index in [4.69, 9.17) is 5.73 Å². The standard InChI is InChI=1S/C11H17N5O/c12-9-8(5-14-15-9)10(17)16-4-2-11(7-16)1-3-13-6-11/h5,13H,1-4,6-7H2,(H3,12,14,15). The Bertz CT molecular complexity index is 435. The van der Waals surface area contributed by atoms with Crippen molar-refractivity contribution in [2.45, 2.75) is 12.8 Å². The summed E-state index contributed by atoms with van der Waals surface area (Å²) in [6.45, 7) is 3.75. The molecule has 2 aliphatic rings. The fourth-order valence-electron chi connectivity index (χ4n) is 2.89. The number of carbonyl (C=O) groups excluding carboxylic acids is 1. The van der Waals surface area contributed by atoms with E-state index in [1.807, 2.05) is 4.90 Å². The number of nitrogens with one attached hydrogen (secondary N) is 2. The summed E-state index contributed by atoms with van der Waals surface area (Å²) in [6, 6.07) is 0. The minimum absolute atomic E-state index is 0.0000231. The highest BCUT2D eigenvalue weighted by atomic mass is 16.2. The monoisotopic (exact) mass is 235 g/mol.